The topological polar surface area (TPSA) is 0 Å². The maximum Gasteiger partial charge on any atom is -0.0313 e. The highest BCUT2D eigenvalue weighted by Gasteiger charge is 2.63. The van der Waals surface area contributed by atoms with E-state index < -0.39 is 0 Å². The Labute approximate surface area is 124 Å². The Kier molecular flexibility index (Phi) is 2.22. The molecule has 0 aromatic heterocycles. The van der Waals surface area contributed by atoms with Gasteiger partial charge in [0.1, 0.15) is 0 Å². The van der Waals surface area contributed by atoms with Gasteiger partial charge in [-0.2, -0.15) is 0 Å². The summed E-state index contributed by atoms with van der Waals surface area (Å²) >= 11 is 0. The van der Waals surface area contributed by atoms with Crippen molar-refractivity contribution in [3.05, 3.63) is 0 Å². The van der Waals surface area contributed by atoms with Crippen LogP contribution in [0.5, 0.6) is 0 Å². The molecule has 0 aromatic rings. The average Bonchev–Trinajstić information content (AvgIpc) is 3.06. The summed E-state index contributed by atoms with van der Waals surface area (Å²) in [5.41, 5.74) is 0. The van der Waals surface area contributed by atoms with E-state index in [-0.39, 0.29) is 0 Å². The smallest absolute Gasteiger partial charge is 0.0313 e. The van der Waals surface area contributed by atoms with Crippen molar-refractivity contribution in [2.45, 2.75) is 64.2 Å². The van der Waals surface area contributed by atoms with E-state index in [2.05, 4.69) is 0 Å². The number of rotatable bonds is 0. The monoisotopic (exact) mass is 270 g/mol. The van der Waals surface area contributed by atoms with Crippen LogP contribution in [-0.4, -0.2) is 0 Å². The molecule has 0 bridgehead atoms. The van der Waals surface area contributed by atoms with Crippen molar-refractivity contribution < 1.29 is 0 Å². The fraction of sp³-hybridized carbons (Fsp3) is 1.00. The molecule has 0 heteroatoms. The summed E-state index contributed by atoms with van der Waals surface area (Å²) in [6.07, 6.45) is 16.3. The van der Waals surface area contributed by atoms with Gasteiger partial charge in [-0.05, 0) is 104 Å². The molecule has 6 rings (SSSR count). The van der Waals surface area contributed by atoms with Crippen molar-refractivity contribution in [1.29, 1.82) is 0 Å². The highest BCUT2D eigenvalue weighted by molar-refractivity contribution is 5.11. The molecular formula is C20H30. The number of hydrogen-bond acceptors (Lipinski definition) is 0. The highest BCUT2D eigenvalue weighted by atomic mass is 14.7. The van der Waals surface area contributed by atoms with Crippen LogP contribution < -0.4 is 0 Å². The summed E-state index contributed by atoms with van der Waals surface area (Å²) in [5, 5.41) is 0. The fourth-order valence-electron chi connectivity index (χ4n) is 9.28. The highest BCUT2D eigenvalue weighted by Crippen LogP contribution is 2.70. The lowest BCUT2D eigenvalue weighted by Gasteiger charge is -2.61. The summed E-state index contributed by atoms with van der Waals surface area (Å²) in [6, 6.07) is 0. The lowest BCUT2D eigenvalue weighted by atomic mass is 9.43. The van der Waals surface area contributed by atoms with E-state index in [1.54, 1.807) is 64.2 Å². The van der Waals surface area contributed by atoms with Gasteiger partial charge in [-0.3, -0.25) is 0 Å². The molecule has 0 aliphatic heterocycles. The lowest BCUT2D eigenvalue weighted by molar-refractivity contribution is -0.131. The zero-order valence-corrected chi connectivity index (χ0v) is 12.8. The normalized spacial score (nSPS) is 66.0. The summed E-state index contributed by atoms with van der Waals surface area (Å²) in [5.74, 6) is 12.0. The van der Waals surface area contributed by atoms with Gasteiger partial charge < -0.3 is 0 Å². The molecule has 6 aliphatic rings. The summed E-state index contributed by atoms with van der Waals surface area (Å²) in [7, 11) is 0. The molecule has 6 saturated carbocycles. The van der Waals surface area contributed by atoms with Gasteiger partial charge in [0.25, 0.3) is 0 Å². The first-order valence-corrected chi connectivity index (χ1v) is 9.90. The van der Waals surface area contributed by atoms with Crippen LogP contribution in [0.1, 0.15) is 64.2 Å². The zero-order valence-electron chi connectivity index (χ0n) is 12.8. The molecule has 6 aliphatic carbocycles. The second-order valence-corrected chi connectivity index (χ2v) is 9.66. The molecule has 0 aromatic carbocycles. The Morgan fingerprint density at radius 1 is 0.350 bits per heavy atom. The van der Waals surface area contributed by atoms with Crippen LogP contribution in [0.15, 0.2) is 0 Å². The van der Waals surface area contributed by atoms with Crippen LogP contribution in [-0.2, 0) is 0 Å². The van der Waals surface area contributed by atoms with Crippen molar-refractivity contribution in [3.8, 4) is 0 Å². The van der Waals surface area contributed by atoms with E-state index in [9.17, 15) is 0 Å². The quantitative estimate of drug-likeness (QED) is 0.572. The van der Waals surface area contributed by atoms with Gasteiger partial charge in [0.15, 0.2) is 0 Å². The van der Waals surface area contributed by atoms with Gasteiger partial charge in [0, 0.05) is 0 Å². The van der Waals surface area contributed by atoms with Crippen LogP contribution in [0.25, 0.3) is 0 Å². The molecule has 0 amide bonds. The maximum absolute atomic E-state index is 1.67. The van der Waals surface area contributed by atoms with Gasteiger partial charge in [-0.15, -0.1) is 0 Å². The van der Waals surface area contributed by atoms with E-state index in [0.717, 1.165) is 0 Å². The Hall–Kier alpha value is 0. The molecule has 0 saturated heterocycles. The molecule has 20 heavy (non-hydrogen) atoms. The Morgan fingerprint density at radius 3 is 1.10 bits per heavy atom. The summed E-state index contributed by atoms with van der Waals surface area (Å²) in [6.45, 7) is 0. The molecule has 0 N–H and O–H groups in total. The Morgan fingerprint density at radius 2 is 0.700 bits per heavy atom. The molecule has 8 atom stereocenters. The molecular weight excluding hydrogens is 240 g/mol. The van der Waals surface area contributed by atoms with Crippen molar-refractivity contribution in [3.63, 3.8) is 0 Å². The van der Waals surface area contributed by atoms with Gasteiger partial charge in [-0.1, -0.05) is 19.3 Å². The van der Waals surface area contributed by atoms with Gasteiger partial charge in [0.2, 0.25) is 0 Å². The largest absolute Gasteiger partial charge is 0.0528 e. The molecule has 0 heterocycles. The third kappa shape index (κ3) is 1.27. The minimum atomic E-state index is 1.18. The standard InChI is InChI=1S/C20H30/c1-2-11-8-13-4-6-15-10-16-7-5-14-9-12(3-1)17(11)20(18(13)15)19(14)16/h11-20H,1-10H2. The second-order valence-electron chi connectivity index (χ2n) is 9.66. The van der Waals surface area contributed by atoms with Crippen molar-refractivity contribution in [1.82, 2.24) is 0 Å². The van der Waals surface area contributed by atoms with Gasteiger partial charge >= 0.3 is 0 Å². The maximum atomic E-state index is 1.67. The SMILES string of the molecule is C1CC2CC3CCC4CC5CCC6CC(C1)C2C(C34)C65. The van der Waals surface area contributed by atoms with Crippen LogP contribution in [0, 0.1) is 59.2 Å². The predicted molar refractivity (Wildman–Crippen MR) is 81.1 cm³/mol. The zero-order chi connectivity index (χ0) is 12.8. The summed E-state index contributed by atoms with van der Waals surface area (Å²) in [4.78, 5) is 0. The van der Waals surface area contributed by atoms with Crippen LogP contribution in [0.3, 0.4) is 0 Å². The third-order valence-corrected chi connectivity index (χ3v) is 9.38. The van der Waals surface area contributed by atoms with E-state index >= 15 is 0 Å². The Bertz CT molecular complexity index is 390. The van der Waals surface area contributed by atoms with Crippen LogP contribution in [0.4, 0.5) is 0 Å². The van der Waals surface area contributed by atoms with E-state index in [1.165, 1.54) is 59.2 Å². The first kappa shape index (κ1) is 11.6. The lowest BCUT2D eigenvalue weighted by Crippen LogP contribution is -2.55. The second kappa shape index (κ2) is 3.85. The minimum Gasteiger partial charge on any atom is -0.0528 e. The molecule has 0 nitrogen and oxygen atoms in total. The Balaban J connectivity index is 1.49. The van der Waals surface area contributed by atoms with Crippen LogP contribution >= 0.6 is 0 Å². The number of hydrogen-bond donors (Lipinski definition) is 0. The van der Waals surface area contributed by atoms with Crippen molar-refractivity contribution >= 4 is 0 Å². The van der Waals surface area contributed by atoms with E-state index in [0.29, 0.717) is 0 Å². The van der Waals surface area contributed by atoms with E-state index in [1.807, 2.05) is 0 Å². The third-order valence-electron chi connectivity index (χ3n) is 9.38. The van der Waals surface area contributed by atoms with Gasteiger partial charge in [-0.25, -0.2) is 0 Å². The molecule has 110 valence electrons. The molecule has 6 fully saturated rings. The molecule has 0 radical (unpaired) electrons. The predicted octanol–water partition coefficient (Wildman–Crippen LogP) is 5.13. The first-order chi connectivity index (χ1) is 9.90. The van der Waals surface area contributed by atoms with Crippen LogP contribution in [0.2, 0.25) is 0 Å². The fourth-order valence-corrected chi connectivity index (χ4v) is 9.28. The summed E-state index contributed by atoms with van der Waals surface area (Å²) < 4.78 is 0. The molecule has 8 unspecified atom stereocenters. The minimum absolute atomic E-state index is 1.18. The first-order valence-electron chi connectivity index (χ1n) is 9.90. The van der Waals surface area contributed by atoms with Crippen molar-refractivity contribution in [2.24, 2.45) is 59.2 Å². The van der Waals surface area contributed by atoms with Gasteiger partial charge in [0.05, 0.1) is 0 Å². The van der Waals surface area contributed by atoms with E-state index in [4.69, 9.17) is 0 Å². The molecule has 0 spiro atoms. The average molecular weight is 270 g/mol. The van der Waals surface area contributed by atoms with Crippen molar-refractivity contribution in [2.75, 3.05) is 0 Å².